The summed E-state index contributed by atoms with van der Waals surface area (Å²) in [6.45, 7) is 6.54. The predicted molar refractivity (Wildman–Crippen MR) is 57.2 cm³/mol. The van der Waals surface area contributed by atoms with Gasteiger partial charge in [-0.25, -0.2) is 0 Å². The van der Waals surface area contributed by atoms with E-state index in [1.807, 2.05) is 31.2 Å². The van der Waals surface area contributed by atoms with Crippen LogP contribution >= 0.6 is 0 Å². The number of hydrogen-bond donors (Lipinski definition) is 1. The molecule has 0 fully saturated rings. The van der Waals surface area contributed by atoms with Crippen LogP contribution in [0.15, 0.2) is 54.8 Å². The van der Waals surface area contributed by atoms with Crippen molar-refractivity contribution in [2.75, 3.05) is 0 Å². The van der Waals surface area contributed by atoms with Crippen LogP contribution in [-0.4, -0.2) is 0 Å². The third-order valence-electron chi connectivity index (χ3n) is 1.78. The van der Waals surface area contributed by atoms with Gasteiger partial charge in [0.2, 0.25) is 0 Å². The SMILES string of the molecule is C=C/C=C(/C)NCc1ccccc1. The Balaban J connectivity index is 2.44. The lowest BCUT2D eigenvalue weighted by atomic mass is 10.2. The number of rotatable bonds is 4. The van der Waals surface area contributed by atoms with Crippen molar-refractivity contribution < 1.29 is 0 Å². The minimum absolute atomic E-state index is 0.872. The van der Waals surface area contributed by atoms with Crippen molar-refractivity contribution in [1.29, 1.82) is 0 Å². The Morgan fingerprint density at radius 3 is 2.69 bits per heavy atom. The molecule has 0 saturated heterocycles. The van der Waals surface area contributed by atoms with E-state index in [-0.39, 0.29) is 0 Å². The molecule has 0 amide bonds. The maximum Gasteiger partial charge on any atom is 0.0397 e. The molecule has 0 bridgehead atoms. The van der Waals surface area contributed by atoms with Gasteiger partial charge < -0.3 is 5.32 Å². The van der Waals surface area contributed by atoms with Gasteiger partial charge in [-0.15, -0.1) is 0 Å². The molecule has 0 aliphatic heterocycles. The summed E-state index contributed by atoms with van der Waals surface area (Å²) in [4.78, 5) is 0. The maximum atomic E-state index is 3.64. The molecule has 0 atom stereocenters. The van der Waals surface area contributed by atoms with Crippen molar-refractivity contribution >= 4 is 0 Å². The number of nitrogens with one attached hydrogen (secondary N) is 1. The molecule has 0 spiro atoms. The second-order valence-electron chi connectivity index (χ2n) is 2.92. The quantitative estimate of drug-likeness (QED) is 0.690. The van der Waals surface area contributed by atoms with Gasteiger partial charge in [0.15, 0.2) is 0 Å². The van der Waals surface area contributed by atoms with Crippen molar-refractivity contribution in [1.82, 2.24) is 5.32 Å². The zero-order valence-electron chi connectivity index (χ0n) is 7.96. The molecular formula is C12H15N. The summed E-state index contributed by atoms with van der Waals surface area (Å²) in [5.41, 5.74) is 2.43. The first-order chi connectivity index (χ1) is 6.33. The topological polar surface area (TPSA) is 12.0 Å². The van der Waals surface area contributed by atoms with Crippen LogP contribution in [0.1, 0.15) is 12.5 Å². The van der Waals surface area contributed by atoms with Crippen LogP contribution in [0, 0.1) is 0 Å². The average molecular weight is 173 g/mol. The van der Waals surface area contributed by atoms with Gasteiger partial charge in [0.05, 0.1) is 0 Å². The highest BCUT2D eigenvalue weighted by Gasteiger charge is 1.89. The van der Waals surface area contributed by atoms with Gasteiger partial charge in [-0.1, -0.05) is 43.0 Å². The van der Waals surface area contributed by atoms with E-state index in [1.54, 1.807) is 6.08 Å². The first-order valence-corrected chi connectivity index (χ1v) is 4.40. The van der Waals surface area contributed by atoms with Crippen LogP contribution in [0.5, 0.6) is 0 Å². The van der Waals surface area contributed by atoms with Crippen molar-refractivity contribution in [3.8, 4) is 0 Å². The Hall–Kier alpha value is -1.50. The molecule has 0 radical (unpaired) electrons. The molecule has 1 rings (SSSR count). The van der Waals surface area contributed by atoms with Crippen LogP contribution in [0.4, 0.5) is 0 Å². The van der Waals surface area contributed by atoms with E-state index in [2.05, 4.69) is 24.0 Å². The molecule has 0 unspecified atom stereocenters. The van der Waals surface area contributed by atoms with E-state index in [0.717, 1.165) is 12.2 Å². The fraction of sp³-hybridized carbons (Fsp3) is 0.167. The zero-order chi connectivity index (χ0) is 9.52. The fourth-order valence-electron chi connectivity index (χ4n) is 1.07. The Labute approximate surface area is 79.8 Å². The van der Waals surface area contributed by atoms with Gasteiger partial charge in [0.25, 0.3) is 0 Å². The maximum absolute atomic E-state index is 3.64. The normalized spacial score (nSPS) is 11.0. The highest BCUT2D eigenvalue weighted by atomic mass is 14.9. The first kappa shape index (κ1) is 9.59. The summed E-state index contributed by atoms with van der Waals surface area (Å²) in [5, 5.41) is 3.29. The molecular weight excluding hydrogens is 158 g/mol. The lowest BCUT2D eigenvalue weighted by Crippen LogP contribution is -2.09. The summed E-state index contributed by atoms with van der Waals surface area (Å²) in [5.74, 6) is 0. The van der Waals surface area contributed by atoms with Crippen LogP contribution < -0.4 is 5.32 Å². The zero-order valence-corrected chi connectivity index (χ0v) is 7.96. The summed E-state index contributed by atoms with van der Waals surface area (Å²) < 4.78 is 0. The molecule has 0 heterocycles. The Morgan fingerprint density at radius 1 is 1.38 bits per heavy atom. The molecule has 1 aromatic rings. The molecule has 13 heavy (non-hydrogen) atoms. The molecule has 1 heteroatoms. The van der Waals surface area contributed by atoms with E-state index in [0.29, 0.717) is 0 Å². The second-order valence-corrected chi connectivity index (χ2v) is 2.92. The standard InChI is InChI=1S/C12H15N/c1-3-7-11(2)13-10-12-8-5-4-6-9-12/h3-9,13H,1,10H2,2H3/b11-7-. The number of allylic oxidation sites excluding steroid dienone is 3. The lowest BCUT2D eigenvalue weighted by molar-refractivity contribution is 0.812. The van der Waals surface area contributed by atoms with Gasteiger partial charge in [0, 0.05) is 12.2 Å². The largest absolute Gasteiger partial charge is 0.384 e. The third-order valence-corrected chi connectivity index (χ3v) is 1.78. The molecule has 0 saturated carbocycles. The monoisotopic (exact) mass is 173 g/mol. The molecule has 0 aliphatic rings. The van der Waals surface area contributed by atoms with Gasteiger partial charge in [-0.2, -0.15) is 0 Å². The smallest absolute Gasteiger partial charge is 0.0397 e. The Bertz CT molecular complexity index is 285. The second kappa shape index (κ2) is 5.20. The molecule has 0 aliphatic carbocycles. The number of hydrogen-bond acceptors (Lipinski definition) is 1. The van der Waals surface area contributed by atoms with E-state index < -0.39 is 0 Å². The van der Waals surface area contributed by atoms with Gasteiger partial charge in [0.1, 0.15) is 0 Å². The summed E-state index contributed by atoms with van der Waals surface area (Å²) in [7, 11) is 0. The van der Waals surface area contributed by atoms with E-state index in [1.165, 1.54) is 5.56 Å². The lowest BCUT2D eigenvalue weighted by Gasteiger charge is -2.05. The summed E-state index contributed by atoms with van der Waals surface area (Å²) >= 11 is 0. The molecule has 0 aromatic heterocycles. The van der Waals surface area contributed by atoms with Crippen molar-refractivity contribution in [2.24, 2.45) is 0 Å². The van der Waals surface area contributed by atoms with E-state index in [9.17, 15) is 0 Å². The van der Waals surface area contributed by atoms with Crippen LogP contribution in [-0.2, 0) is 6.54 Å². The molecule has 1 nitrogen and oxygen atoms in total. The van der Waals surface area contributed by atoms with Crippen molar-refractivity contribution in [3.05, 3.63) is 60.3 Å². The van der Waals surface area contributed by atoms with Gasteiger partial charge >= 0.3 is 0 Å². The van der Waals surface area contributed by atoms with Crippen molar-refractivity contribution in [2.45, 2.75) is 13.5 Å². The van der Waals surface area contributed by atoms with E-state index >= 15 is 0 Å². The van der Waals surface area contributed by atoms with Gasteiger partial charge in [-0.05, 0) is 18.6 Å². The first-order valence-electron chi connectivity index (χ1n) is 4.40. The highest BCUT2D eigenvalue weighted by Crippen LogP contribution is 1.98. The van der Waals surface area contributed by atoms with Gasteiger partial charge in [-0.3, -0.25) is 0 Å². The van der Waals surface area contributed by atoms with Crippen LogP contribution in [0.25, 0.3) is 0 Å². The molecule has 1 aromatic carbocycles. The number of benzene rings is 1. The van der Waals surface area contributed by atoms with Crippen molar-refractivity contribution in [3.63, 3.8) is 0 Å². The third kappa shape index (κ3) is 3.61. The van der Waals surface area contributed by atoms with Crippen LogP contribution in [0.2, 0.25) is 0 Å². The predicted octanol–water partition coefficient (Wildman–Crippen LogP) is 2.87. The molecule has 68 valence electrons. The van der Waals surface area contributed by atoms with E-state index in [4.69, 9.17) is 0 Å². The Morgan fingerprint density at radius 2 is 2.08 bits per heavy atom. The minimum Gasteiger partial charge on any atom is -0.384 e. The molecule has 1 N–H and O–H groups in total. The van der Waals surface area contributed by atoms with Crippen LogP contribution in [0.3, 0.4) is 0 Å². The summed E-state index contributed by atoms with van der Waals surface area (Å²) in [6.07, 6.45) is 3.75. The average Bonchev–Trinajstić information content (AvgIpc) is 2.17. The fourth-order valence-corrected chi connectivity index (χ4v) is 1.07. The highest BCUT2D eigenvalue weighted by molar-refractivity contribution is 5.16. The summed E-state index contributed by atoms with van der Waals surface area (Å²) in [6, 6.07) is 10.3. The minimum atomic E-state index is 0.872. The Kier molecular flexibility index (Phi) is 3.83.